The van der Waals surface area contributed by atoms with Gasteiger partial charge >= 0.3 is 0 Å². The summed E-state index contributed by atoms with van der Waals surface area (Å²) in [5.41, 5.74) is 0. The van der Waals surface area contributed by atoms with Crippen LogP contribution in [0.4, 0.5) is 5.82 Å². The van der Waals surface area contributed by atoms with Crippen LogP contribution in [0.5, 0.6) is 5.75 Å². The van der Waals surface area contributed by atoms with Gasteiger partial charge in [-0.15, -0.1) is 11.3 Å². The number of hydrogen-bond donors (Lipinski definition) is 1. The zero-order valence-electron chi connectivity index (χ0n) is 8.21. The fourth-order valence-electron chi connectivity index (χ4n) is 1.08. The van der Waals surface area contributed by atoms with Crippen LogP contribution in [0.1, 0.15) is 0 Å². The first-order chi connectivity index (χ1) is 7.63. The van der Waals surface area contributed by atoms with Gasteiger partial charge in [0.2, 0.25) is 0 Å². The maximum absolute atomic E-state index is 11.9. The fraction of sp³-hybridized carbons (Fsp3) is 0.125. The number of ether oxygens (including phenoxy) is 1. The van der Waals surface area contributed by atoms with E-state index >= 15 is 0 Å². The van der Waals surface area contributed by atoms with Crippen molar-refractivity contribution in [3.63, 3.8) is 0 Å². The molecule has 2 heterocycles. The second-order valence-corrected chi connectivity index (χ2v) is 5.56. The molecule has 0 aliphatic carbocycles. The Labute approximate surface area is 95.9 Å². The van der Waals surface area contributed by atoms with Crippen molar-refractivity contribution in [2.24, 2.45) is 0 Å². The van der Waals surface area contributed by atoms with Crippen LogP contribution >= 0.6 is 11.3 Å². The molecule has 0 aromatic carbocycles. The standard InChI is InChI=1S/C8H8N2O4S2/c1-13-6-3-5-15-8(6)16(11,12)10-7-2-4-14-9-7/h2-5H,1H3,(H,9,10). The van der Waals surface area contributed by atoms with Gasteiger partial charge in [-0.3, -0.25) is 4.72 Å². The van der Waals surface area contributed by atoms with Gasteiger partial charge in [0.25, 0.3) is 10.0 Å². The predicted octanol–water partition coefficient (Wildman–Crippen LogP) is 1.55. The van der Waals surface area contributed by atoms with E-state index in [0.717, 1.165) is 11.3 Å². The SMILES string of the molecule is COc1ccsc1S(=O)(=O)Nc1ccon1. The highest BCUT2D eigenvalue weighted by atomic mass is 32.2. The molecule has 2 rings (SSSR count). The maximum atomic E-state index is 11.9. The number of sulfonamides is 1. The van der Waals surface area contributed by atoms with Gasteiger partial charge in [0.15, 0.2) is 10.0 Å². The van der Waals surface area contributed by atoms with Gasteiger partial charge in [0, 0.05) is 6.07 Å². The molecule has 0 fully saturated rings. The smallest absolute Gasteiger partial charge is 0.276 e. The summed E-state index contributed by atoms with van der Waals surface area (Å²) in [7, 11) is -2.25. The summed E-state index contributed by atoms with van der Waals surface area (Å²) in [6.07, 6.45) is 1.28. The molecule has 0 saturated heterocycles. The molecular weight excluding hydrogens is 252 g/mol. The van der Waals surface area contributed by atoms with Gasteiger partial charge in [0.05, 0.1) is 7.11 Å². The summed E-state index contributed by atoms with van der Waals surface area (Å²) < 4.78 is 35.6. The average molecular weight is 260 g/mol. The van der Waals surface area contributed by atoms with E-state index in [4.69, 9.17) is 4.74 Å². The lowest BCUT2D eigenvalue weighted by molar-refractivity contribution is 0.406. The molecule has 2 aromatic heterocycles. The zero-order valence-corrected chi connectivity index (χ0v) is 9.84. The number of nitrogens with zero attached hydrogens (tertiary/aromatic N) is 1. The molecule has 0 aliphatic heterocycles. The van der Waals surface area contributed by atoms with Gasteiger partial charge in [-0.25, -0.2) is 8.42 Å². The molecular formula is C8H8N2O4S2. The van der Waals surface area contributed by atoms with E-state index in [9.17, 15) is 8.42 Å². The number of anilines is 1. The van der Waals surface area contributed by atoms with E-state index in [-0.39, 0.29) is 10.0 Å². The van der Waals surface area contributed by atoms with Crippen molar-refractivity contribution in [2.75, 3.05) is 11.8 Å². The monoisotopic (exact) mass is 260 g/mol. The van der Waals surface area contributed by atoms with E-state index in [0.29, 0.717) is 5.75 Å². The van der Waals surface area contributed by atoms with Crippen molar-refractivity contribution < 1.29 is 17.7 Å². The Kier molecular flexibility index (Phi) is 2.84. The molecule has 0 unspecified atom stereocenters. The lowest BCUT2D eigenvalue weighted by Gasteiger charge is -2.04. The van der Waals surface area contributed by atoms with E-state index in [1.54, 1.807) is 11.4 Å². The van der Waals surface area contributed by atoms with Crippen LogP contribution in [0.2, 0.25) is 0 Å². The average Bonchev–Trinajstić information content (AvgIpc) is 2.85. The minimum atomic E-state index is -3.66. The van der Waals surface area contributed by atoms with Gasteiger partial charge < -0.3 is 9.26 Å². The first kappa shape index (κ1) is 11.0. The van der Waals surface area contributed by atoms with Crippen LogP contribution in [-0.2, 0) is 10.0 Å². The van der Waals surface area contributed by atoms with Gasteiger partial charge in [0.1, 0.15) is 12.0 Å². The molecule has 0 aliphatic rings. The molecule has 16 heavy (non-hydrogen) atoms. The van der Waals surface area contributed by atoms with Crippen LogP contribution in [0.15, 0.2) is 32.5 Å². The largest absolute Gasteiger partial charge is 0.494 e. The summed E-state index contributed by atoms with van der Waals surface area (Å²) in [5.74, 6) is 0.441. The minimum absolute atomic E-state index is 0.109. The molecule has 0 bridgehead atoms. The molecule has 2 aromatic rings. The molecule has 0 radical (unpaired) electrons. The Morgan fingerprint density at radius 1 is 1.50 bits per heavy atom. The highest BCUT2D eigenvalue weighted by molar-refractivity contribution is 7.94. The Bertz CT molecular complexity index is 559. The zero-order chi connectivity index (χ0) is 11.6. The first-order valence-electron chi connectivity index (χ1n) is 4.18. The van der Waals surface area contributed by atoms with Gasteiger partial charge in [-0.05, 0) is 11.4 Å². The lowest BCUT2D eigenvalue weighted by Crippen LogP contribution is -2.12. The Balaban J connectivity index is 2.33. The third kappa shape index (κ3) is 2.02. The normalized spacial score (nSPS) is 11.3. The number of rotatable bonds is 4. The number of nitrogens with one attached hydrogen (secondary N) is 1. The van der Waals surface area contributed by atoms with E-state index in [1.807, 2.05) is 0 Å². The molecule has 1 N–H and O–H groups in total. The molecule has 0 amide bonds. The Morgan fingerprint density at radius 2 is 2.31 bits per heavy atom. The number of aromatic nitrogens is 1. The summed E-state index contributed by atoms with van der Waals surface area (Å²) in [4.78, 5) is 0. The Hall–Kier alpha value is -1.54. The van der Waals surface area contributed by atoms with Crippen LogP contribution in [0.25, 0.3) is 0 Å². The van der Waals surface area contributed by atoms with Crippen molar-refractivity contribution in [1.29, 1.82) is 0 Å². The lowest BCUT2D eigenvalue weighted by atomic mass is 10.6. The Morgan fingerprint density at radius 3 is 2.94 bits per heavy atom. The van der Waals surface area contributed by atoms with Crippen LogP contribution < -0.4 is 9.46 Å². The van der Waals surface area contributed by atoms with E-state index in [2.05, 4.69) is 14.4 Å². The maximum Gasteiger partial charge on any atom is 0.276 e. The summed E-state index contributed by atoms with van der Waals surface area (Å²) in [5, 5.41) is 5.10. The third-order valence-corrected chi connectivity index (χ3v) is 4.54. The van der Waals surface area contributed by atoms with E-state index < -0.39 is 10.0 Å². The summed E-state index contributed by atoms with van der Waals surface area (Å²) >= 11 is 1.07. The van der Waals surface area contributed by atoms with Crippen molar-refractivity contribution >= 4 is 27.2 Å². The second-order valence-electron chi connectivity index (χ2n) is 2.77. The van der Waals surface area contributed by atoms with Gasteiger partial charge in [-0.1, -0.05) is 5.16 Å². The topological polar surface area (TPSA) is 81.4 Å². The van der Waals surface area contributed by atoms with Crippen molar-refractivity contribution in [3.8, 4) is 5.75 Å². The number of hydrogen-bond acceptors (Lipinski definition) is 6. The van der Waals surface area contributed by atoms with Crippen LogP contribution in [0, 0.1) is 0 Å². The summed E-state index contributed by atoms with van der Waals surface area (Å²) in [6.45, 7) is 0. The first-order valence-corrected chi connectivity index (χ1v) is 6.54. The minimum Gasteiger partial charge on any atom is -0.494 e. The fourth-order valence-corrected chi connectivity index (χ4v) is 3.35. The predicted molar refractivity (Wildman–Crippen MR) is 58.2 cm³/mol. The summed E-state index contributed by atoms with van der Waals surface area (Å²) in [6, 6.07) is 3.00. The highest BCUT2D eigenvalue weighted by Gasteiger charge is 2.21. The quantitative estimate of drug-likeness (QED) is 0.901. The van der Waals surface area contributed by atoms with Crippen molar-refractivity contribution in [2.45, 2.75) is 4.21 Å². The molecule has 0 spiro atoms. The third-order valence-electron chi connectivity index (χ3n) is 1.74. The molecule has 0 saturated carbocycles. The molecule has 0 atom stereocenters. The molecule has 6 nitrogen and oxygen atoms in total. The number of methoxy groups -OCH3 is 1. The van der Waals surface area contributed by atoms with Crippen molar-refractivity contribution in [1.82, 2.24) is 5.16 Å². The van der Waals surface area contributed by atoms with E-state index in [1.165, 1.54) is 19.4 Å². The van der Waals surface area contributed by atoms with Crippen molar-refractivity contribution in [3.05, 3.63) is 23.8 Å². The van der Waals surface area contributed by atoms with Gasteiger partial charge in [-0.2, -0.15) is 0 Å². The van der Waals surface area contributed by atoms with Crippen LogP contribution in [-0.4, -0.2) is 20.7 Å². The molecule has 8 heteroatoms. The highest BCUT2D eigenvalue weighted by Crippen LogP contribution is 2.30. The molecule has 86 valence electrons. The second kappa shape index (κ2) is 4.14. The van der Waals surface area contributed by atoms with Crippen LogP contribution in [0.3, 0.4) is 0 Å². The number of thiophene rings is 1.